The highest BCUT2D eigenvalue weighted by atomic mass is 35.5. The van der Waals surface area contributed by atoms with Crippen molar-refractivity contribution in [2.24, 2.45) is 0 Å². The van der Waals surface area contributed by atoms with Crippen LogP contribution in [0.15, 0.2) is 47.1 Å². The Hall–Kier alpha value is -3.33. The van der Waals surface area contributed by atoms with Gasteiger partial charge in [-0.15, -0.1) is 0 Å². The number of carbonyl (C=O) groups excluding carboxylic acids is 4. The lowest BCUT2D eigenvalue weighted by atomic mass is 10.3. The van der Waals surface area contributed by atoms with Gasteiger partial charge in [0.25, 0.3) is 11.8 Å². The highest BCUT2D eigenvalue weighted by Gasteiger charge is 2.18. The Labute approximate surface area is 165 Å². The summed E-state index contributed by atoms with van der Waals surface area (Å²) in [4.78, 5) is 47.0. The van der Waals surface area contributed by atoms with Crippen molar-refractivity contribution in [2.75, 3.05) is 18.4 Å². The van der Waals surface area contributed by atoms with Gasteiger partial charge in [-0.25, -0.2) is 0 Å². The Morgan fingerprint density at radius 2 is 1.89 bits per heavy atom. The molecule has 0 fully saturated rings. The lowest BCUT2D eigenvalue weighted by Gasteiger charge is -2.14. The molecule has 1 atom stereocenters. The molecule has 0 aliphatic carbocycles. The van der Waals surface area contributed by atoms with Crippen LogP contribution in [0.25, 0.3) is 0 Å². The summed E-state index contributed by atoms with van der Waals surface area (Å²) in [5.74, 6) is -2.46. The molecule has 0 saturated heterocycles. The van der Waals surface area contributed by atoms with Crippen molar-refractivity contribution in [1.82, 2.24) is 10.6 Å². The van der Waals surface area contributed by atoms with Crippen LogP contribution in [0.2, 0.25) is 5.02 Å². The predicted octanol–water partition coefficient (Wildman–Crippen LogP) is 1.35. The van der Waals surface area contributed by atoms with Crippen molar-refractivity contribution in [3.63, 3.8) is 0 Å². The number of benzene rings is 1. The molecule has 0 unspecified atom stereocenters. The maximum Gasteiger partial charge on any atom is 0.326 e. The van der Waals surface area contributed by atoms with Crippen LogP contribution in [-0.2, 0) is 19.1 Å². The van der Waals surface area contributed by atoms with Crippen molar-refractivity contribution >= 4 is 41.0 Å². The van der Waals surface area contributed by atoms with Crippen LogP contribution >= 0.6 is 11.6 Å². The van der Waals surface area contributed by atoms with Gasteiger partial charge in [-0.2, -0.15) is 0 Å². The van der Waals surface area contributed by atoms with E-state index in [9.17, 15) is 19.2 Å². The first-order chi connectivity index (χ1) is 13.3. The highest BCUT2D eigenvalue weighted by Crippen LogP contribution is 2.15. The minimum Gasteiger partial charge on any atom is -0.459 e. The molecule has 0 saturated carbocycles. The van der Waals surface area contributed by atoms with Crippen LogP contribution in [0.4, 0.5) is 5.69 Å². The van der Waals surface area contributed by atoms with Crippen LogP contribution in [-0.4, -0.2) is 42.9 Å². The summed E-state index contributed by atoms with van der Waals surface area (Å²) in [6.07, 6.45) is 0.247. The van der Waals surface area contributed by atoms with Crippen molar-refractivity contribution in [1.29, 1.82) is 0 Å². The molecule has 0 bridgehead atoms. The average molecular weight is 408 g/mol. The zero-order valence-electron chi connectivity index (χ0n) is 14.9. The summed E-state index contributed by atoms with van der Waals surface area (Å²) in [5.41, 5.74) is 0.459. The number of anilines is 1. The summed E-state index contributed by atoms with van der Waals surface area (Å²) in [6.45, 7) is 0.588. The van der Waals surface area contributed by atoms with Gasteiger partial charge in [0, 0.05) is 10.7 Å². The van der Waals surface area contributed by atoms with Gasteiger partial charge in [0.15, 0.2) is 11.9 Å². The molecule has 0 spiro atoms. The Morgan fingerprint density at radius 3 is 2.57 bits per heavy atom. The van der Waals surface area contributed by atoms with Crippen LogP contribution < -0.4 is 16.0 Å². The van der Waals surface area contributed by atoms with Gasteiger partial charge in [0.05, 0.1) is 12.8 Å². The number of nitrogens with one attached hydrogen (secondary N) is 3. The van der Waals surface area contributed by atoms with E-state index in [4.69, 9.17) is 20.8 Å². The zero-order valence-corrected chi connectivity index (χ0v) is 15.6. The van der Waals surface area contributed by atoms with E-state index in [1.165, 1.54) is 25.3 Å². The summed E-state index contributed by atoms with van der Waals surface area (Å²) < 4.78 is 9.83. The van der Waals surface area contributed by atoms with E-state index < -0.39 is 36.3 Å². The first-order valence-corrected chi connectivity index (χ1v) is 8.57. The van der Waals surface area contributed by atoms with E-state index >= 15 is 0 Å². The third kappa shape index (κ3) is 6.76. The second-order valence-electron chi connectivity index (χ2n) is 5.57. The van der Waals surface area contributed by atoms with Crippen LogP contribution in [0, 0.1) is 0 Å². The molecule has 1 aromatic heterocycles. The molecule has 3 N–H and O–H groups in total. The molecule has 0 aliphatic heterocycles. The summed E-state index contributed by atoms with van der Waals surface area (Å²) in [7, 11) is 0. The second kappa shape index (κ2) is 10.1. The first-order valence-electron chi connectivity index (χ1n) is 8.19. The Balaban J connectivity index is 1.68. The zero-order chi connectivity index (χ0) is 20.5. The van der Waals surface area contributed by atoms with E-state index in [0.29, 0.717) is 10.7 Å². The van der Waals surface area contributed by atoms with Crippen LogP contribution in [0.1, 0.15) is 17.5 Å². The Kier molecular flexibility index (Phi) is 7.58. The standard InChI is InChI=1S/C18H18ClN3O6/c1-11(17(25)22-13-5-2-4-12(19)8-13)28-16(24)10-20-15(23)9-21-18(26)14-6-3-7-27-14/h2-8,11H,9-10H2,1H3,(H,20,23)(H,21,26)(H,22,25)/t11-/m1/s1. The number of rotatable bonds is 8. The largest absolute Gasteiger partial charge is 0.459 e. The average Bonchev–Trinajstić information content (AvgIpc) is 3.19. The summed E-state index contributed by atoms with van der Waals surface area (Å²) >= 11 is 5.83. The summed E-state index contributed by atoms with van der Waals surface area (Å²) in [6, 6.07) is 9.48. The number of halogens is 1. The molecule has 3 amide bonds. The van der Waals surface area contributed by atoms with Gasteiger partial charge >= 0.3 is 5.97 Å². The predicted molar refractivity (Wildman–Crippen MR) is 99.7 cm³/mol. The SMILES string of the molecule is C[C@@H](OC(=O)CNC(=O)CNC(=O)c1ccco1)C(=O)Nc1cccc(Cl)c1. The molecule has 28 heavy (non-hydrogen) atoms. The molecule has 10 heteroatoms. The van der Waals surface area contributed by atoms with Crippen molar-refractivity contribution in [3.8, 4) is 0 Å². The third-order valence-electron chi connectivity index (χ3n) is 3.35. The van der Waals surface area contributed by atoms with E-state index in [1.54, 1.807) is 24.3 Å². The normalized spacial score (nSPS) is 11.2. The van der Waals surface area contributed by atoms with Crippen molar-refractivity contribution in [2.45, 2.75) is 13.0 Å². The van der Waals surface area contributed by atoms with Crippen molar-refractivity contribution in [3.05, 3.63) is 53.4 Å². The van der Waals surface area contributed by atoms with E-state index in [2.05, 4.69) is 16.0 Å². The Bertz CT molecular complexity index is 853. The van der Waals surface area contributed by atoms with Gasteiger partial charge in [-0.3, -0.25) is 19.2 Å². The molecule has 2 aromatic rings. The number of amides is 3. The van der Waals surface area contributed by atoms with Gasteiger partial charge in [-0.1, -0.05) is 17.7 Å². The Morgan fingerprint density at radius 1 is 1.11 bits per heavy atom. The lowest BCUT2D eigenvalue weighted by molar-refractivity contribution is -0.152. The van der Waals surface area contributed by atoms with Crippen molar-refractivity contribution < 1.29 is 28.3 Å². The van der Waals surface area contributed by atoms with Crippen LogP contribution in [0.3, 0.4) is 0 Å². The minimum absolute atomic E-state index is 0.0618. The monoisotopic (exact) mass is 407 g/mol. The maximum absolute atomic E-state index is 12.0. The minimum atomic E-state index is -1.08. The van der Waals surface area contributed by atoms with Gasteiger partial charge < -0.3 is 25.1 Å². The van der Waals surface area contributed by atoms with E-state index in [-0.39, 0.29) is 12.3 Å². The topological polar surface area (TPSA) is 127 Å². The molecule has 148 valence electrons. The van der Waals surface area contributed by atoms with E-state index in [0.717, 1.165) is 0 Å². The number of ether oxygens (including phenoxy) is 1. The molecule has 9 nitrogen and oxygen atoms in total. The summed E-state index contributed by atoms with van der Waals surface area (Å²) in [5, 5.41) is 7.61. The fourth-order valence-corrected chi connectivity index (χ4v) is 2.18. The number of hydrogen-bond donors (Lipinski definition) is 3. The number of hydrogen-bond acceptors (Lipinski definition) is 6. The third-order valence-corrected chi connectivity index (χ3v) is 3.59. The first kappa shape index (κ1) is 21.0. The quantitative estimate of drug-likeness (QED) is 0.567. The molecular formula is C18H18ClN3O6. The molecular weight excluding hydrogens is 390 g/mol. The fourth-order valence-electron chi connectivity index (χ4n) is 1.99. The smallest absolute Gasteiger partial charge is 0.326 e. The molecule has 2 rings (SSSR count). The molecule has 0 radical (unpaired) electrons. The molecule has 1 aromatic carbocycles. The van der Waals surface area contributed by atoms with Crippen LogP contribution in [0.5, 0.6) is 0 Å². The van der Waals surface area contributed by atoms with Gasteiger partial charge in [-0.05, 0) is 37.3 Å². The van der Waals surface area contributed by atoms with Gasteiger partial charge in [0.1, 0.15) is 6.54 Å². The second-order valence-corrected chi connectivity index (χ2v) is 6.00. The maximum atomic E-state index is 12.0. The number of esters is 1. The van der Waals surface area contributed by atoms with E-state index in [1.807, 2.05) is 0 Å². The fraction of sp³-hybridized carbons (Fsp3) is 0.222. The molecule has 0 aliphatic rings. The number of carbonyl (C=O) groups is 4. The van der Waals surface area contributed by atoms with Gasteiger partial charge in [0.2, 0.25) is 5.91 Å². The lowest BCUT2D eigenvalue weighted by Crippen LogP contribution is -2.40. The molecule has 1 heterocycles. The highest BCUT2D eigenvalue weighted by molar-refractivity contribution is 6.30. The number of furan rings is 1.